The van der Waals surface area contributed by atoms with Crippen molar-refractivity contribution in [2.24, 2.45) is 0 Å². The third kappa shape index (κ3) is 2.13. The number of pyridine rings is 1. The van der Waals surface area contributed by atoms with Crippen molar-refractivity contribution in [3.63, 3.8) is 0 Å². The quantitative estimate of drug-likeness (QED) is 0.808. The molecule has 2 unspecified atom stereocenters. The van der Waals surface area contributed by atoms with Gasteiger partial charge in [-0.25, -0.2) is 0 Å². The van der Waals surface area contributed by atoms with Gasteiger partial charge in [-0.15, -0.1) is 0 Å². The van der Waals surface area contributed by atoms with E-state index in [1.54, 1.807) is 18.0 Å². The number of nitrogens with zero attached hydrogens (tertiary/aromatic N) is 2. The van der Waals surface area contributed by atoms with Crippen LogP contribution in [0.3, 0.4) is 0 Å². The summed E-state index contributed by atoms with van der Waals surface area (Å²) in [5, 5.41) is 2.57. The van der Waals surface area contributed by atoms with Gasteiger partial charge in [0.15, 0.2) is 0 Å². The zero-order chi connectivity index (χ0) is 12.4. The molecule has 1 N–H and O–H groups in total. The molecule has 0 saturated carbocycles. The summed E-state index contributed by atoms with van der Waals surface area (Å²) < 4.78 is 0. The largest absolute Gasteiger partial charge is 0.345 e. The Hall–Kier alpha value is -1.91. The Labute approximate surface area is 99.8 Å². The number of carbonyl (C=O) groups is 2. The number of amides is 2. The monoisotopic (exact) mass is 233 g/mol. The van der Waals surface area contributed by atoms with Gasteiger partial charge in [0.2, 0.25) is 11.8 Å². The van der Waals surface area contributed by atoms with Crippen LogP contribution in [-0.2, 0) is 9.59 Å². The van der Waals surface area contributed by atoms with Gasteiger partial charge in [0.1, 0.15) is 6.04 Å². The van der Waals surface area contributed by atoms with Gasteiger partial charge in [-0.2, -0.15) is 0 Å². The van der Waals surface area contributed by atoms with Gasteiger partial charge in [0.25, 0.3) is 0 Å². The molecule has 2 atom stereocenters. The van der Waals surface area contributed by atoms with Crippen LogP contribution in [0.25, 0.3) is 0 Å². The Bertz CT molecular complexity index is 433. The van der Waals surface area contributed by atoms with Gasteiger partial charge >= 0.3 is 0 Å². The first-order valence-electron chi connectivity index (χ1n) is 5.61. The third-order valence-corrected chi connectivity index (χ3v) is 3.03. The second kappa shape index (κ2) is 4.53. The van der Waals surface area contributed by atoms with Gasteiger partial charge in [-0.05, 0) is 26.0 Å². The van der Waals surface area contributed by atoms with Crippen molar-refractivity contribution in [1.82, 2.24) is 15.2 Å². The Morgan fingerprint density at radius 1 is 1.47 bits per heavy atom. The lowest BCUT2D eigenvalue weighted by Gasteiger charge is -2.37. The fourth-order valence-corrected chi connectivity index (χ4v) is 2.06. The van der Waals surface area contributed by atoms with Gasteiger partial charge in [0, 0.05) is 6.20 Å². The molecule has 1 aromatic rings. The number of hydrogen-bond acceptors (Lipinski definition) is 3. The molecule has 5 heteroatoms. The Morgan fingerprint density at radius 2 is 2.24 bits per heavy atom. The number of rotatable bonds is 2. The standard InChI is InChI=1S/C12H15N3O2/c1-8(10-5-3-4-6-13-10)15-9(2)12(17)14-7-11(15)16/h3-6,8-9H,7H2,1-2H3,(H,14,17). The summed E-state index contributed by atoms with van der Waals surface area (Å²) in [7, 11) is 0. The zero-order valence-electron chi connectivity index (χ0n) is 9.88. The lowest BCUT2D eigenvalue weighted by atomic mass is 10.1. The molecule has 1 aliphatic heterocycles. The van der Waals surface area contributed by atoms with Crippen LogP contribution < -0.4 is 5.32 Å². The summed E-state index contributed by atoms with van der Waals surface area (Å²) in [5.74, 6) is -0.192. The van der Waals surface area contributed by atoms with Gasteiger partial charge in [0.05, 0.1) is 18.3 Å². The van der Waals surface area contributed by atoms with E-state index in [4.69, 9.17) is 0 Å². The van der Waals surface area contributed by atoms with E-state index < -0.39 is 6.04 Å². The summed E-state index contributed by atoms with van der Waals surface area (Å²) in [6.45, 7) is 3.68. The van der Waals surface area contributed by atoms with E-state index in [2.05, 4.69) is 10.3 Å². The maximum Gasteiger partial charge on any atom is 0.243 e. The van der Waals surface area contributed by atoms with Crippen molar-refractivity contribution in [3.05, 3.63) is 30.1 Å². The predicted molar refractivity (Wildman–Crippen MR) is 62.0 cm³/mol. The first-order chi connectivity index (χ1) is 8.11. The Kier molecular flexibility index (Phi) is 3.08. The van der Waals surface area contributed by atoms with E-state index >= 15 is 0 Å². The molecule has 2 rings (SSSR count). The van der Waals surface area contributed by atoms with Crippen molar-refractivity contribution in [2.75, 3.05) is 6.54 Å². The van der Waals surface area contributed by atoms with Gasteiger partial charge in [-0.3, -0.25) is 14.6 Å². The fourth-order valence-electron chi connectivity index (χ4n) is 2.06. The molecule has 0 bridgehead atoms. The molecule has 90 valence electrons. The molecule has 0 aromatic carbocycles. The maximum absolute atomic E-state index is 11.8. The molecule has 2 amide bonds. The summed E-state index contributed by atoms with van der Waals surface area (Å²) in [6, 6.07) is 4.91. The fraction of sp³-hybridized carbons (Fsp3) is 0.417. The minimum atomic E-state index is -0.451. The lowest BCUT2D eigenvalue weighted by molar-refractivity contribution is -0.147. The van der Waals surface area contributed by atoms with Crippen LogP contribution in [0.5, 0.6) is 0 Å². The molecule has 1 aromatic heterocycles. The summed E-state index contributed by atoms with van der Waals surface area (Å²) in [6.07, 6.45) is 1.69. The first-order valence-corrected chi connectivity index (χ1v) is 5.61. The van der Waals surface area contributed by atoms with Crippen molar-refractivity contribution in [2.45, 2.75) is 25.9 Å². The zero-order valence-corrected chi connectivity index (χ0v) is 9.88. The number of piperazine rings is 1. The molecule has 0 spiro atoms. The second-order valence-electron chi connectivity index (χ2n) is 4.13. The average molecular weight is 233 g/mol. The molecule has 5 nitrogen and oxygen atoms in total. The minimum absolute atomic E-state index is 0.0698. The SMILES string of the molecule is CC1C(=O)NCC(=O)N1C(C)c1ccccn1. The van der Waals surface area contributed by atoms with Gasteiger partial charge in [-0.1, -0.05) is 6.07 Å². The predicted octanol–water partition coefficient (Wildman–Crippen LogP) is 0.489. The van der Waals surface area contributed by atoms with Crippen molar-refractivity contribution in [1.29, 1.82) is 0 Å². The van der Waals surface area contributed by atoms with E-state index in [0.717, 1.165) is 5.69 Å². The summed E-state index contributed by atoms with van der Waals surface area (Å²) in [4.78, 5) is 29.2. The van der Waals surface area contributed by atoms with Crippen LogP contribution in [0.1, 0.15) is 25.6 Å². The molecule has 1 aliphatic rings. The number of nitrogens with one attached hydrogen (secondary N) is 1. The van der Waals surface area contributed by atoms with Crippen LogP contribution in [0, 0.1) is 0 Å². The smallest absolute Gasteiger partial charge is 0.243 e. The molecular weight excluding hydrogens is 218 g/mol. The highest BCUT2D eigenvalue weighted by Gasteiger charge is 2.34. The Morgan fingerprint density at radius 3 is 2.88 bits per heavy atom. The molecular formula is C12H15N3O2. The van der Waals surface area contributed by atoms with Crippen molar-refractivity contribution >= 4 is 11.8 Å². The van der Waals surface area contributed by atoms with Gasteiger partial charge < -0.3 is 10.2 Å². The molecule has 0 aliphatic carbocycles. The highest BCUT2D eigenvalue weighted by Crippen LogP contribution is 2.22. The molecule has 1 saturated heterocycles. The highest BCUT2D eigenvalue weighted by atomic mass is 16.2. The summed E-state index contributed by atoms with van der Waals surface area (Å²) in [5.41, 5.74) is 0.794. The van der Waals surface area contributed by atoms with Crippen molar-refractivity contribution < 1.29 is 9.59 Å². The lowest BCUT2D eigenvalue weighted by Crippen LogP contribution is -2.57. The normalized spacial score (nSPS) is 22.2. The maximum atomic E-state index is 11.8. The first kappa shape index (κ1) is 11.6. The van der Waals surface area contributed by atoms with E-state index in [0.29, 0.717) is 0 Å². The third-order valence-electron chi connectivity index (χ3n) is 3.03. The van der Waals surface area contributed by atoms with Crippen LogP contribution in [0.4, 0.5) is 0 Å². The number of carbonyl (C=O) groups excluding carboxylic acids is 2. The van der Waals surface area contributed by atoms with E-state index in [1.165, 1.54) is 0 Å². The highest BCUT2D eigenvalue weighted by molar-refractivity contribution is 5.94. The second-order valence-corrected chi connectivity index (χ2v) is 4.13. The number of aromatic nitrogens is 1. The van der Waals surface area contributed by atoms with E-state index in [9.17, 15) is 9.59 Å². The average Bonchev–Trinajstić information content (AvgIpc) is 2.35. The van der Waals surface area contributed by atoms with Crippen LogP contribution in [0.2, 0.25) is 0 Å². The van der Waals surface area contributed by atoms with E-state index in [-0.39, 0.29) is 24.4 Å². The minimum Gasteiger partial charge on any atom is -0.345 e. The van der Waals surface area contributed by atoms with Crippen molar-refractivity contribution in [3.8, 4) is 0 Å². The van der Waals surface area contributed by atoms with E-state index in [1.807, 2.05) is 25.1 Å². The molecule has 0 radical (unpaired) electrons. The van der Waals surface area contributed by atoms with Crippen LogP contribution in [0.15, 0.2) is 24.4 Å². The Balaban J connectivity index is 2.26. The topological polar surface area (TPSA) is 62.3 Å². The summed E-state index contributed by atoms with van der Waals surface area (Å²) >= 11 is 0. The van der Waals surface area contributed by atoms with Crippen LogP contribution >= 0.6 is 0 Å². The molecule has 17 heavy (non-hydrogen) atoms. The van der Waals surface area contributed by atoms with Crippen LogP contribution in [-0.4, -0.2) is 34.3 Å². The number of hydrogen-bond donors (Lipinski definition) is 1. The molecule has 1 fully saturated rings. The molecule has 2 heterocycles.